The first-order chi connectivity index (χ1) is 13.6. The molecule has 2 fully saturated rings. The van der Waals surface area contributed by atoms with Crippen LogP contribution in [-0.4, -0.2) is 60.3 Å². The molecular weight excluding hydrogens is 348 g/mol. The van der Waals surface area contributed by atoms with Gasteiger partial charge in [0.15, 0.2) is 0 Å². The van der Waals surface area contributed by atoms with Crippen molar-refractivity contribution in [3.8, 4) is 5.75 Å². The van der Waals surface area contributed by atoms with Crippen LogP contribution in [0.4, 0.5) is 0 Å². The first-order valence-corrected chi connectivity index (χ1v) is 10.5. The van der Waals surface area contributed by atoms with Gasteiger partial charge in [0, 0.05) is 38.6 Å². The van der Waals surface area contributed by atoms with E-state index in [2.05, 4.69) is 53.2 Å². The molecule has 2 aromatic rings. The summed E-state index contributed by atoms with van der Waals surface area (Å²) in [5, 5.41) is 11.2. The van der Waals surface area contributed by atoms with Crippen LogP contribution in [0.1, 0.15) is 36.3 Å². The van der Waals surface area contributed by atoms with Crippen molar-refractivity contribution in [3.05, 3.63) is 65.7 Å². The Morgan fingerprint density at radius 1 is 0.964 bits per heavy atom. The van der Waals surface area contributed by atoms with Crippen LogP contribution < -0.4 is 4.74 Å². The summed E-state index contributed by atoms with van der Waals surface area (Å²) in [5.74, 6) is 1.05. The predicted molar refractivity (Wildman–Crippen MR) is 113 cm³/mol. The Morgan fingerprint density at radius 3 is 2.25 bits per heavy atom. The molecule has 28 heavy (non-hydrogen) atoms. The Kier molecular flexibility index (Phi) is 6.00. The van der Waals surface area contributed by atoms with Crippen molar-refractivity contribution in [2.75, 3.05) is 39.8 Å². The van der Waals surface area contributed by atoms with Crippen LogP contribution in [0.5, 0.6) is 5.75 Å². The molecular formula is C24H32N2O2. The molecule has 1 aliphatic heterocycles. The van der Waals surface area contributed by atoms with Gasteiger partial charge in [0.05, 0.1) is 5.60 Å². The van der Waals surface area contributed by atoms with Crippen LogP contribution >= 0.6 is 0 Å². The van der Waals surface area contributed by atoms with Gasteiger partial charge >= 0.3 is 0 Å². The molecule has 1 saturated heterocycles. The Bertz CT molecular complexity index is 735. The minimum atomic E-state index is -0.546. The molecule has 1 N–H and O–H groups in total. The summed E-state index contributed by atoms with van der Waals surface area (Å²) in [4.78, 5) is 4.89. The average Bonchev–Trinajstić information content (AvgIpc) is 2.71. The lowest BCUT2D eigenvalue weighted by Gasteiger charge is -2.46. The predicted octanol–water partition coefficient (Wildman–Crippen LogP) is 3.51. The summed E-state index contributed by atoms with van der Waals surface area (Å²) >= 11 is 0. The fourth-order valence-corrected chi connectivity index (χ4v) is 4.30. The number of nitrogens with zero attached hydrogens (tertiary/aromatic N) is 2. The van der Waals surface area contributed by atoms with Crippen LogP contribution in [-0.2, 0) is 6.61 Å². The molecule has 1 aliphatic carbocycles. The van der Waals surface area contributed by atoms with E-state index in [4.69, 9.17) is 4.74 Å². The van der Waals surface area contributed by atoms with Gasteiger partial charge in [-0.25, -0.2) is 0 Å². The monoisotopic (exact) mass is 380 g/mol. The topological polar surface area (TPSA) is 35.9 Å². The Labute approximate surface area is 168 Å². The van der Waals surface area contributed by atoms with Crippen LogP contribution in [0.2, 0.25) is 0 Å². The van der Waals surface area contributed by atoms with E-state index in [1.807, 2.05) is 18.2 Å². The number of hydrogen-bond donors (Lipinski definition) is 1. The lowest BCUT2D eigenvalue weighted by atomic mass is 9.68. The number of hydrogen-bond acceptors (Lipinski definition) is 4. The second-order valence-corrected chi connectivity index (χ2v) is 8.46. The summed E-state index contributed by atoms with van der Waals surface area (Å²) in [5.41, 5.74) is 1.85. The maximum Gasteiger partial charge on any atom is 0.119 e. The van der Waals surface area contributed by atoms with Crippen molar-refractivity contribution in [2.24, 2.45) is 0 Å². The molecule has 0 bridgehead atoms. The fourth-order valence-electron chi connectivity index (χ4n) is 4.30. The largest absolute Gasteiger partial charge is 0.489 e. The summed E-state index contributed by atoms with van der Waals surface area (Å²) in [7, 11) is 2.18. The highest BCUT2D eigenvalue weighted by atomic mass is 16.5. The van der Waals surface area contributed by atoms with Crippen molar-refractivity contribution in [2.45, 2.75) is 37.4 Å². The van der Waals surface area contributed by atoms with Gasteiger partial charge < -0.3 is 19.6 Å². The summed E-state index contributed by atoms with van der Waals surface area (Å²) in [6.07, 6.45) is 2.96. The molecule has 0 amide bonds. The molecule has 1 unspecified atom stereocenters. The molecule has 2 aliphatic rings. The molecule has 0 radical (unpaired) electrons. The quantitative estimate of drug-likeness (QED) is 0.797. The lowest BCUT2D eigenvalue weighted by molar-refractivity contribution is -0.0665. The number of ether oxygens (including phenoxy) is 1. The molecule has 0 spiro atoms. The zero-order chi connectivity index (χ0) is 19.4. The smallest absolute Gasteiger partial charge is 0.119 e. The van der Waals surface area contributed by atoms with Gasteiger partial charge in [-0.05, 0) is 49.6 Å². The van der Waals surface area contributed by atoms with Crippen molar-refractivity contribution in [1.82, 2.24) is 9.80 Å². The van der Waals surface area contributed by atoms with Crippen LogP contribution in [0.15, 0.2) is 54.6 Å². The van der Waals surface area contributed by atoms with E-state index in [0.29, 0.717) is 6.61 Å². The van der Waals surface area contributed by atoms with Crippen molar-refractivity contribution in [1.29, 1.82) is 0 Å². The molecule has 4 nitrogen and oxygen atoms in total. The first-order valence-electron chi connectivity index (χ1n) is 10.5. The number of rotatable bonds is 7. The van der Waals surface area contributed by atoms with E-state index in [1.165, 1.54) is 11.1 Å². The van der Waals surface area contributed by atoms with Gasteiger partial charge in [-0.1, -0.05) is 42.5 Å². The summed E-state index contributed by atoms with van der Waals surface area (Å²) in [6.45, 7) is 5.90. The number of piperazine rings is 1. The second-order valence-electron chi connectivity index (χ2n) is 8.46. The van der Waals surface area contributed by atoms with Gasteiger partial charge in [0.1, 0.15) is 12.4 Å². The molecule has 0 aromatic heterocycles. The molecule has 2 aromatic carbocycles. The van der Waals surface area contributed by atoms with Gasteiger partial charge in [0.2, 0.25) is 0 Å². The van der Waals surface area contributed by atoms with Gasteiger partial charge in [-0.2, -0.15) is 0 Å². The zero-order valence-electron chi connectivity index (χ0n) is 16.9. The minimum absolute atomic E-state index is 0.174. The lowest BCUT2D eigenvalue weighted by Crippen LogP contribution is -2.51. The summed E-state index contributed by atoms with van der Waals surface area (Å²) in [6, 6.07) is 18.6. The molecule has 4 heteroatoms. The first kappa shape index (κ1) is 19.4. The van der Waals surface area contributed by atoms with Crippen LogP contribution in [0.3, 0.4) is 0 Å². The third-order valence-electron chi connectivity index (χ3n) is 6.44. The highest BCUT2D eigenvalue weighted by molar-refractivity contribution is 5.32. The average molecular weight is 381 g/mol. The van der Waals surface area contributed by atoms with E-state index in [9.17, 15) is 5.11 Å². The number of benzene rings is 2. The highest BCUT2D eigenvalue weighted by Crippen LogP contribution is 2.44. The third-order valence-corrected chi connectivity index (χ3v) is 6.44. The summed E-state index contributed by atoms with van der Waals surface area (Å²) < 4.78 is 5.94. The standard InChI is InChI=1S/C24H32N2O2/c1-25-14-16-26(17-15-25)18-23(24(27)12-5-13-24)21-8-10-22(11-9-21)28-19-20-6-3-2-4-7-20/h2-4,6-11,23,27H,5,12-19H2,1H3. The van der Waals surface area contributed by atoms with Crippen molar-refractivity contribution in [3.63, 3.8) is 0 Å². The number of aliphatic hydroxyl groups is 1. The molecule has 4 rings (SSSR count). The molecule has 1 saturated carbocycles. The molecule has 1 heterocycles. The van der Waals surface area contributed by atoms with Gasteiger partial charge in [-0.3, -0.25) is 0 Å². The maximum absolute atomic E-state index is 11.2. The van der Waals surface area contributed by atoms with E-state index in [-0.39, 0.29) is 5.92 Å². The molecule has 1 atom stereocenters. The minimum Gasteiger partial charge on any atom is -0.489 e. The van der Waals surface area contributed by atoms with E-state index in [1.54, 1.807) is 0 Å². The zero-order valence-corrected chi connectivity index (χ0v) is 16.9. The molecule has 150 valence electrons. The van der Waals surface area contributed by atoms with Crippen LogP contribution in [0, 0.1) is 0 Å². The SMILES string of the molecule is CN1CCN(CC(c2ccc(OCc3ccccc3)cc2)C2(O)CCC2)CC1. The van der Waals surface area contributed by atoms with Crippen molar-refractivity contribution < 1.29 is 9.84 Å². The van der Waals surface area contributed by atoms with E-state index >= 15 is 0 Å². The second kappa shape index (κ2) is 8.64. The van der Waals surface area contributed by atoms with Gasteiger partial charge in [-0.15, -0.1) is 0 Å². The maximum atomic E-state index is 11.2. The normalized spacial score (nSPS) is 21.1. The highest BCUT2D eigenvalue weighted by Gasteiger charge is 2.43. The Hall–Kier alpha value is -1.88. The third kappa shape index (κ3) is 4.57. The Morgan fingerprint density at radius 2 is 1.64 bits per heavy atom. The van der Waals surface area contributed by atoms with E-state index in [0.717, 1.165) is 57.7 Å². The van der Waals surface area contributed by atoms with Crippen molar-refractivity contribution >= 4 is 0 Å². The van der Waals surface area contributed by atoms with E-state index < -0.39 is 5.60 Å². The number of likely N-dealkylation sites (N-methyl/N-ethyl adjacent to an activating group) is 1. The fraction of sp³-hybridized carbons (Fsp3) is 0.500. The Balaban J connectivity index is 1.42. The van der Waals surface area contributed by atoms with Gasteiger partial charge in [0.25, 0.3) is 0 Å². The van der Waals surface area contributed by atoms with Crippen LogP contribution in [0.25, 0.3) is 0 Å².